The second kappa shape index (κ2) is 5.77. The number of nitrogens with zero attached hydrogens (tertiary/aromatic N) is 1. The second-order valence-corrected chi connectivity index (χ2v) is 6.52. The van der Waals surface area contributed by atoms with Gasteiger partial charge in [0.15, 0.2) is 0 Å². The molecule has 0 radical (unpaired) electrons. The molecular formula is C13H21F3N2OS. The summed E-state index contributed by atoms with van der Waals surface area (Å²) in [7, 11) is 0. The van der Waals surface area contributed by atoms with E-state index in [4.69, 9.17) is 5.73 Å². The number of rotatable bonds is 3. The van der Waals surface area contributed by atoms with Crippen LogP contribution in [0.2, 0.25) is 0 Å². The van der Waals surface area contributed by atoms with Gasteiger partial charge in [0.1, 0.15) is 5.92 Å². The number of alkyl halides is 3. The summed E-state index contributed by atoms with van der Waals surface area (Å²) in [6, 6.07) is 0. The molecule has 7 heteroatoms. The molecule has 2 fully saturated rings. The Morgan fingerprint density at radius 1 is 1.40 bits per heavy atom. The van der Waals surface area contributed by atoms with Crippen LogP contribution in [0.5, 0.6) is 0 Å². The summed E-state index contributed by atoms with van der Waals surface area (Å²) in [5.41, 5.74) is 4.56. The first-order chi connectivity index (χ1) is 9.22. The molecule has 1 saturated carbocycles. The fourth-order valence-electron chi connectivity index (χ4n) is 3.42. The molecule has 0 bridgehead atoms. The van der Waals surface area contributed by atoms with Crippen molar-refractivity contribution in [2.75, 3.05) is 19.6 Å². The Kier molecular flexibility index (Phi) is 4.61. The van der Waals surface area contributed by atoms with Gasteiger partial charge in [0.25, 0.3) is 0 Å². The van der Waals surface area contributed by atoms with Gasteiger partial charge in [-0.1, -0.05) is 25.1 Å². The van der Waals surface area contributed by atoms with Crippen LogP contribution < -0.4 is 5.73 Å². The number of fused-ring (bicyclic) bond motifs is 1. The fraction of sp³-hybridized carbons (Fsp3) is 0.923. The maximum atomic E-state index is 12.9. The Morgan fingerprint density at radius 2 is 2.10 bits per heavy atom. The molecule has 1 aliphatic heterocycles. The Hall–Kier alpha value is -0.400. The zero-order valence-electron chi connectivity index (χ0n) is 11.3. The number of hydrogen-bond acceptors (Lipinski definition) is 3. The van der Waals surface area contributed by atoms with Crippen molar-refractivity contribution in [2.45, 2.75) is 43.9 Å². The SMILES string of the molecule is NC(=S)C(CN1CCC2(O)CCCCC2C1)C(F)(F)F. The van der Waals surface area contributed by atoms with Gasteiger partial charge in [-0.2, -0.15) is 13.2 Å². The van der Waals surface area contributed by atoms with Crippen LogP contribution in [0.15, 0.2) is 0 Å². The lowest BCUT2D eigenvalue weighted by Crippen LogP contribution is -2.55. The first-order valence-electron chi connectivity index (χ1n) is 7.03. The molecule has 0 spiro atoms. The van der Waals surface area contributed by atoms with Crippen molar-refractivity contribution < 1.29 is 18.3 Å². The minimum Gasteiger partial charge on any atom is -0.393 e. The second-order valence-electron chi connectivity index (χ2n) is 6.05. The van der Waals surface area contributed by atoms with Gasteiger partial charge in [-0.15, -0.1) is 0 Å². The van der Waals surface area contributed by atoms with Gasteiger partial charge in [-0.3, -0.25) is 0 Å². The van der Waals surface area contributed by atoms with Gasteiger partial charge in [0.05, 0.1) is 10.6 Å². The molecule has 1 saturated heterocycles. The van der Waals surface area contributed by atoms with Gasteiger partial charge in [0.2, 0.25) is 0 Å². The summed E-state index contributed by atoms with van der Waals surface area (Å²) in [4.78, 5) is 1.25. The number of halogens is 3. The van der Waals surface area contributed by atoms with Gasteiger partial charge in [-0.05, 0) is 19.3 Å². The first kappa shape index (κ1) is 16.0. The van der Waals surface area contributed by atoms with Crippen molar-refractivity contribution in [3.8, 4) is 0 Å². The summed E-state index contributed by atoms with van der Waals surface area (Å²) in [6.07, 6.45) is -0.157. The van der Waals surface area contributed by atoms with Crippen molar-refractivity contribution in [3.05, 3.63) is 0 Å². The Bertz CT molecular complexity index is 377. The van der Waals surface area contributed by atoms with Gasteiger partial charge < -0.3 is 15.7 Å². The molecule has 2 aliphatic rings. The minimum atomic E-state index is -4.40. The molecular weight excluding hydrogens is 289 g/mol. The van der Waals surface area contributed by atoms with E-state index in [9.17, 15) is 18.3 Å². The summed E-state index contributed by atoms with van der Waals surface area (Å²) in [5.74, 6) is -1.68. The van der Waals surface area contributed by atoms with Crippen LogP contribution in [0.25, 0.3) is 0 Å². The molecule has 1 aliphatic carbocycles. The lowest BCUT2D eigenvalue weighted by molar-refractivity contribution is -0.164. The van der Waals surface area contributed by atoms with E-state index in [0.717, 1.165) is 25.7 Å². The number of thiocarbonyl (C=S) groups is 1. The third-order valence-electron chi connectivity index (χ3n) is 4.69. The van der Waals surface area contributed by atoms with Gasteiger partial charge in [0, 0.05) is 25.6 Å². The van der Waals surface area contributed by atoms with Crippen LogP contribution in [0.3, 0.4) is 0 Å². The minimum absolute atomic E-state index is 0.0743. The molecule has 0 aromatic heterocycles. The third kappa shape index (κ3) is 3.43. The molecule has 3 nitrogen and oxygen atoms in total. The van der Waals surface area contributed by atoms with Crippen molar-refractivity contribution in [2.24, 2.45) is 17.6 Å². The topological polar surface area (TPSA) is 49.5 Å². The average molecular weight is 310 g/mol. The van der Waals surface area contributed by atoms with Crippen LogP contribution in [-0.2, 0) is 0 Å². The Morgan fingerprint density at radius 3 is 2.70 bits per heavy atom. The highest BCUT2D eigenvalue weighted by atomic mass is 32.1. The molecule has 0 aromatic carbocycles. The van der Waals surface area contributed by atoms with Crippen molar-refractivity contribution >= 4 is 17.2 Å². The molecule has 0 aromatic rings. The monoisotopic (exact) mass is 310 g/mol. The van der Waals surface area contributed by atoms with Gasteiger partial charge >= 0.3 is 6.18 Å². The Balaban J connectivity index is 1.99. The lowest BCUT2D eigenvalue weighted by atomic mass is 9.71. The summed E-state index contributed by atoms with van der Waals surface area (Å²) < 4.78 is 38.7. The van der Waals surface area contributed by atoms with Crippen LogP contribution in [0.1, 0.15) is 32.1 Å². The van der Waals surface area contributed by atoms with E-state index in [1.807, 2.05) is 0 Å². The summed E-state index contributed by atoms with van der Waals surface area (Å²) in [6.45, 7) is 0.791. The third-order valence-corrected chi connectivity index (χ3v) is 4.98. The van der Waals surface area contributed by atoms with Crippen molar-refractivity contribution in [3.63, 3.8) is 0 Å². The highest BCUT2D eigenvalue weighted by Gasteiger charge is 2.46. The normalized spacial score (nSPS) is 33.5. The summed E-state index contributed by atoms with van der Waals surface area (Å²) >= 11 is 4.55. The van der Waals surface area contributed by atoms with E-state index < -0.39 is 22.7 Å². The number of aliphatic hydroxyl groups is 1. The molecule has 0 amide bonds. The first-order valence-corrected chi connectivity index (χ1v) is 7.44. The van der Waals surface area contributed by atoms with Crippen LogP contribution in [-0.4, -0.2) is 46.4 Å². The molecule has 3 atom stereocenters. The largest absolute Gasteiger partial charge is 0.399 e. The molecule has 3 unspecified atom stereocenters. The predicted molar refractivity (Wildman–Crippen MR) is 74.3 cm³/mol. The van der Waals surface area contributed by atoms with Crippen molar-refractivity contribution in [1.82, 2.24) is 4.90 Å². The summed E-state index contributed by atoms with van der Waals surface area (Å²) in [5, 5.41) is 10.5. The predicted octanol–water partition coefficient (Wildman–Crippen LogP) is 2.08. The maximum Gasteiger partial charge on any atom is 0.399 e. The van der Waals surface area contributed by atoms with E-state index in [-0.39, 0.29) is 12.5 Å². The molecule has 2 rings (SSSR count). The standard InChI is InChI=1S/C13H21F3N2OS/c14-13(15,16)10(11(17)20)8-18-6-5-12(19)4-2-1-3-9(12)7-18/h9-10,19H,1-8H2,(H2,17,20). The fourth-order valence-corrected chi connectivity index (χ4v) is 3.63. The highest BCUT2D eigenvalue weighted by molar-refractivity contribution is 7.80. The van der Waals surface area contributed by atoms with Crippen molar-refractivity contribution in [1.29, 1.82) is 0 Å². The smallest absolute Gasteiger partial charge is 0.393 e. The van der Waals surface area contributed by atoms with Crippen LogP contribution >= 0.6 is 12.2 Å². The number of nitrogens with two attached hydrogens (primary N) is 1. The van der Waals surface area contributed by atoms with Crippen LogP contribution in [0, 0.1) is 11.8 Å². The van der Waals surface area contributed by atoms with Gasteiger partial charge in [-0.25, -0.2) is 0 Å². The molecule has 20 heavy (non-hydrogen) atoms. The van der Waals surface area contributed by atoms with Crippen LogP contribution in [0.4, 0.5) is 13.2 Å². The van der Waals surface area contributed by atoms with E-state index in [0.29, 0.717) is 19.5 Å². The van der Waals surface area contributed by atoms with E-state index in [2.05, 4.69) is 12.2 Å². The lowest BCUT2D eigenvalue weighted by Gasteiger charge is -2.48. The number of likely N-dealkylation sites (tertiary alicyclic amines) is 1. The number of hydrogen-bond donors (Lipinski definition) is 2. The van der Waals surface area contributed by atoms with E-state index in [1.54, 1.807) is 4.90 Å². The highest BCUT2D eigenvalue weighted by Crippen LogP contribution is 2.40. The maximum absolute atomic E-state index is 12.9. The zero-order chi connectivity index (χ0) is 15.0. The molecule has 3 N–H and O–H groups in total. The van der Waals surface area contributed by atoms with E-state index in [1.165, 1.54) is 0 Å². The van der Waals surface area contributed by atoms with E-state index >= 15 is 0 Å². The zero-order valence-corrected chi connectivity index (χ0v) is 12.1. The Labute approximate surface area is 122 Å². The molecule has 1 heterocycles. The number of piperidine rings is 1. The molecule has 116 valence electrons. The quantitative estimate of drug-likeness (QED) is 0.784. The average Bonchev–Trinajstić information content (AvgIpc) is 2.33.